The topological polar surface area (TPSA) is 122 Å². The van der Waals surface area contributed by atoms with Crippen molar-refractivity contribution in [1.29, 1.82) is 0 Å². The second-order valence-electron chi connectivity index (χ2n) is 8.29. The Morgan fingerprint density at radius 3 is 2.82 bits per heavy atom. The minimum absolute atomic E-state index is 0.0289. The molecule has 9 heteroatoms. The maximum atomic E-state index is 12.8. The van der Waals surface area contributed by atoms with Gasteiger partial charge >= 0.3 is 0 Å². The Bertz CT molecular complexity index is 1210. The highest BCUT2D eigenvalue weighted by atomic mass is 35.5. The molecule has 1 aliphatic rings. The molecule has 1 atom stereocenters. The minimum Gasteiger partial charge on any atom is -0.382 e. The number of rotatable bonds is 6. The zero-order valence-electron chi connectivity index (χ0n) is 18.9. The molecule has 0 radical (unpaired) electrons. The van der Waals surface area contributed by atoms with Gasteiger partial charge < -0.3 is 21.7 Å². The van der Waals surface area contributed by atoms with Crippen LogP contribution in [0.25, 0.3) is 11.3 Å². The smallest absolute Gasteiger partial charge is 0.274 e. The molecule has 2 aromatic carbocycles. The Balaban J connectivity index is 1.49. The third kappa shape index (κ3) is 5.52. The molecular formula is C25H27ClN6O2. The van der Waals surface area contributed by atoms with Crippen molar-refractivity contribution in [2.45, 2.75) is 32.4 Å². The SMILES string of the molecule is Cc1c(Cl)cccc1CNC(=O)c1cccc(-c2cnc(N)c(C(=O)NC3CCCNC3)n2)c1. The monoisotopic (exact) mass is 478 g/mol. The summed E-state index contributed by atoms with van der Waals surface area (Å²) in [5, 5.41) is 9.81. The molecule has 4 rings (SSSR count). The first-order chi connectivity index (χ1) is 16.4. The van der Waals surface area contributed by atoms with Gasteiger partial charge in [0.25, 0.3) is 11.8 Å². The van der Waals surface area contributed by atoms with Crippen LogP contribution in [-0.2, 0) is 6.54 Å². The molecule has 8 nitrogen and oxygen atoms in total. The van der Waals surface area contributed by atoms with Gasteiger partial charge in [0.1, 0.15) is 0 Å². The van der Waals surface area contributed by atoms with Gasteiger partial charge in [-0.05, 0) is 55.6 Å². The number of piperidine rings is 1. The number of nitrogens with zero attached hydrogens (tertiary/aromatic N) is 2. The molecule has 2 heterocycles. The average molecular weight is 479 g/mol. The molecule has 1 saturated heterocycles. The summed E-state index contributed by atoms with van der Waals surface area (Å²) in [6.45, 7) is 3.94. The summed E-state index contributed by atoms with van der Waals surface area (Å²) >= 11 is 6.17. The normalized spacial score (nSPS) is 15.5. The van der Waals surface area contributed by atoms with E-state index in [1.807, 2.05) is 31.2 Å². The Kier molecular flexibility index (Phi) is 7.40. The predicted molar refractivity (Wildman–Crippen MR) is 133 cm³/mol. The van der Waals surface area contributed by atoms with Crippen LogP contribution >= 0.6 is 11.6 Å². The van der Waals surface area contributed by atoms with Gasteiger partial charge in [-0.3, -0.25) is 9.59 Å². The van der Waals surface area contributed by atoms with Crippen LogP contribution in [0.5, 0.6) is 0 Å². The van der Waals surface area contributed by atoms with E-state index >= 15 is 0 Å². The van der Waals surface area contributed by atoms with E-state index in [9.17, 15) is 9.59 Å². The van der Waals surface area contributed by atoms with Crippen LogP contribution in [0, 0.1) is 6.92 Å². The van der Waals surface area contributed by atoms with Gasteiger partial charge in [-0.25, -0.2) is 9.97 Å². The molecule has 3 aromatic rings. The number of carbonyl (C=O) groups is 2. The lowest BCUT2D eigenvalue weighted by molar-refractivity contribution is 0.0923. The molecular weight excluding hydrogens is 452 g/mol. The molecule has 5 N–H and O–H groups in total. The minimum atomic E-state index is -0.355. The summed E-state index contributed by atoms with van der Waals surface area (Å²) in [7, 11) is 0. The van der Waals surface area contributed by atoms with Gasteiger partial charge in [-0.2, -0.15) is 0 Å². The molecule has 0 saturated carbocycles. The van der Waals surface area contributed by atoms with Crippen LogP contribution in [0.4, 0.5) is 5.82 Å². The molecule has 1 unspecified atom stereocenters. The van der Waals surface area contributed by atoms with Crippen LogP contribution in [0.1, 0.15) is 44.8 Å². The first kappa shape index (κ1) is 23.7. The van der Waals surface area contributed by atoms with Crippen molar-refractivity contribution in [3.8, 4) is 11.3 Å². The molecule has 2 amide bonds. The van der Waals surface area contributed by atoms with Crippen LogP contribution < -0.4 is 21.7 Å². The van der Waals surface area contributed by atoms with Gasteiger partial charge in [0.05, 0.1) is 11.9 Å². The van der Waals surface area contributed by atoms with Crippen molar-refractivity contribution >= 4 is 29.2 Å². The van der Waals surface area contributed by atoms with Crippen LogP contribution in [0.2, 0.25) is 5.02 Å². The van der Waals surface area contributed by atoms with Gasteiger partial charge in [0.15, 0.2) is 11.5 Å². The molecule has 1 aliphatic heterocycles. The number of halogens is 1. The lowest BCUT2D eigenvalue weighted by Crippen LogP contribution is -2.46. The van der Waals surface area contributed by atoms with E-state index in [1.165, 1.54) is 6.20 Å². The lowest BCUT2D eigenvalue weighted by Gasteiger charge is -2.23. The number of carbonyl (C=O) groups excluding carboxylic acids is 2. The lowest BCUT2D eigenvalue weighted by atomic mass is 10.1. The second-order valence-corrected chi connectivity index (χ2v) is 8.70. The maximum absolute atomic E-state index is 12.8. The largest absolute Gasteiger partial charge is 0.382 e. The summed E-state index contributed by atoms with van der Waals surface area (Å²) in [5.41, 5.74) is 9.50. The third-order valence-electron chi connectivity index (χ3n) is 5.89. The number of nitrogens with one attached hydrogen (secondary N) is 3. The zero-order valence-corrected chi connectivity index (χ0v) is 19.7. The third-order valence-corrected chi connectivity index (χ3v) is 6.30. The Hall–Kier alpha value is -3.49. The van der Waals surface area contributed by atoms with Crippen molar-refractivity contribution in [2.24, 2.45) is 0 Å². The summed E-state index contributed by atoms with van der Waals surface area (Å²) in [6, 6.07) is 12.6. The number of nitrogen functional groups attached to an aromatic ring is 1. The summed E-state index contributed by atoms with van der Waals surface area (Å²) in [5.74, 6) is -0.519. The van der Waals surface area contributed by atoms with E-state index in [2.05, 4.69) is 25.9 Å². The molecule has 1 fully saturated rings. The molecule has 0 spiro atoms. The number of anilines is 1. The van der Waals surface area contributed by atoms with E-state index < -0.39 is 0 Å². The van der Waals surface area contributed by atoms with Crippen molar-refractivity contribution in [3.05, 3.63) is 76.1 Å². The first-order valence-corrected chi connectivity index (χ1v) is 11.6. The van der Waals surface area contributed by atoms with E-state index in [1.54, 1.807) is 18.2 Å². The number of hydrogen-bond acceptors (Lipinski definition) is 6. The highest BCUT2D eigenvalue weighted by molar-refractivity contribution is 6.31. The average Bonchev–Trinajstić information content (AvgIpc) is 2.85. The standard InChI is InChI=1S/C25H27ClN6O2/c1-15-18(7-3-9-20(15)26)12-30-24(33)17-6-2-5-16(11-17)21-14-29-23(27)22(32-21)25(34)31-19-8-4-10-28-13-19/h2-3,5-7,9,11,14,19,28H,4,8,10,12-13H2,1H3,(H2,27,29)(H,30,33)(H,31,34). The first-order valence-electron chi connectivity index (χ1n) is 11.2. The van der Waals surface area contributed by atoms with E-state index in [0.29, 0.717) is 34.9 Å². The fourth-order valence-corrected chi connectivity index (χ4v) is 4.07. The summed E-state index contributed by atoms with van der Waals surface area (Å²) in [6.07, 6.45) is 3.40. The molecule has 34 heavy (non-hydrogen) atoms. The molecule has 0 bridgehead atoms. The number of hydrogen-bond donors (Lipinski definition) is 4. The van der Waals surface area contributed by atoms with E-state index in [-0.39, 0.29) is 29.4 Å². The van der Waals surface area contributed by atoms with Crippen LogP contribution in [0.3, 0.4) is 0 Å². The Morgan fingerprint density at radius 1 is 1.21 bits per heavy atom. The number of nitrogens with two attached hydrogens (primary N) is 1. The fraction of sp³-hybridized carbons (Fsp3) is 0.280. The predicted octanol–water partition coefficient (Wildman–Crippen LogP) is 3.10. The van der Waals surface area contributed by atoms with E-state index in [4.69, 9.17) is 17.3 Å². The summed E-state index contributed by atoms with van der Waals surface area (Å²) < 4.78 is 0. The molecule has 176 valence electrons. The zero-order chi connectivity index (χ0) is 24.1. The Morgan fingerprint density at radius 2 is 2.03 bits per heavy atom. The van der Waals surface area contributed by atoms with Gasteiger partial charge in [-0.1, -0.05) is 35.9 Å². The van der Waals surface area contributed by atoms with Crippen molar-refractivity contribution in [1.82, 2.24) is 25.9 Å². The maximum Gasteiger partial charge on any atom is 0.274 e. The van der Waals surface area contributed by atoms with Gasteiger partial charge in [0, 0.05) is 35.3 Å². The highest BCUT2D eigenvalue weighted by Gasteiger charge is 2.20. The van der Waals surface area contributed by atoms with Crippen LogP contribution in [0.15, 0.2) is 48.7 Å². The van der Waals surface area contributed by atoms with Gasteiger partial charge in [0.2, 0.25) is 0 Å². The number of benzene rings is 2. The Labute approximate surface area is 203 Å². The van der Waals surface area contributed by atoms with Gasteiger partial charge in [-0.15, -0.1) is 0 Å². The quantitative estimate of drug-likeness (QED) is 0.432. The highest BCUT2D eigenvalue weighted by Crippen LogP contribution is 2.21. The number of amides is 2. The van der Waals surface area contributed by atoms with Crippen molar-refractivity contribution in [2.75, 3.05) is 18.8 Å². The second kappa shape index (κ2) is 10.6. The van der Waals surface area contributed by atoms with Crippen molar-refractivity contribution < 1.29 is 9.59 Å². The molecule has 1 aromatic heterocycles. The fourth-order valence-electron chi connectivity index (χ4n) is 3.87. The number of aromatic nitrogens is 2. The van der Waals surface area contributed by atoms with Crippen LogP contribution in [-0.4, -0.2) is 40.9 Å². The summed E-state index contributed by atoms with van der Waals surface area (Å²) in [4.78, 5) is 34.2. The molecule has 0 aliphatic carbocycles. The van der Waals surface area contributed by atoms with E-state index in [0.717, 1.165) is 30.5 Å². The van der Waals surface area contributed by atoms with Crippen molar-refractivity contribution in [3.63, 3.8) is 0 Å².